The number of aliphatic imine (C=N–C) groups is 1. The minimum atomic E-state index is 0. The van der Waals surface area contributed by atoms with Crippen LogP contribution in [0.4, 0.5) is 0 Å². The molecule has 0 saturated carbocycles. The Labute approximate surface area is 197 Å². The third kappa shape index (κ3) is 9.02. The zero-order valence-corrected chi connectivity index (χ0v) is 20.1. The Morgan fingerprint density at radius 1 is 0.967 bits per heavy atom. The zero-order chi connectivity index (χ0) is 20.2. The monoisotopic (exact) mass is 523 g/mol. The van der Waals surface area contributed by atoms with E-state index in [2.05, 4.69) is 66.1 Å². The van der Waals surface area contributed by atoms with E-state index in [4.69, 9.17) is 14.5 Å². The lowest BCUT2D eigenvalue weighted by Crippen LogP contribution is -2.38. The molecule has 0 radical (unpaired) electrons. The van der Waals surface area contributed by atoms with Gasteiger partial charge in [-0.05, 0) is 42.9 Å². The van der Waals surface area contributed by atoms with Gasteiger partial charge in [-0.2, -0.15) is 0 Å². The molecule has 0 aromatic heterocycles. The van der Waals surface area contributed by atoms with Crippen LogP contribution in [0.2, 0.25) is 0 Å². The number of guanidine groups is 1. The second-order valence-electron chi connectivity index (χ2n) is 7.30. The van der Waals surface area contributed by atoms with E-state index in [9.17, 15) is 0 Å². The van der Waals surface area contributed by atoms with Crippen LogP contribution in [0, 0.1) is 0 Å². The van der Waals surface area contributed by atoms with Crippen LogP contribution in [0.15, 0.2) is 59.6 Å². The second kappa shape index (κ2) is 14.4. The van der Waals surface area contributed by atoms with Crippen molar-refractivity contribution >= 4 is 29.9 Å². The first-order valence-electron chi connectivity index (χ1n) is 10.7. The minimum absolute atomic E-state index is 0. The summed E-state index contributed by atoms with van der Waals surface area (Å²) >= 11 is 0. The van der Waals surface area contributed by atoms with Crippen LogP contribution in [0.3, 0.4) is 0 Å². The van der Waals surface area contributed by atoms with Crippen molar-refractivity contribution in [3.63, 3.8) is 0 Å². The Hall–Kier alpha value is -1.64. The lowest BCUT2D eigenvalue weighted by Gasteiger charge is -2.22. The fourth-order valence-corrected chi connectivity index (χ4v) is 3.28. The highest BCUT2D eigenvalue weighted by molar-refractivity contribution is 14.0. The van der Waals surface area contributed by atoms with Crippen molar-refractivity contribution in [2.45, 2.75) is 45.4 Å². The molecular formula is C24H34IN3O2. The summed E-state index contributed by atoms with van der Waals surface area (Å²) in [6, 6.07) is 19.1. The summed E-state index contributed by atoms with van der Waals surface area (Å²) in [7, 11) is 0. The Bertz CT molecular complexity index is 732. The van der Waals surface area contributed by atoms with Gasteiger partial charge in [0.15, 0.2) is 5.96 Å². The Morgan fingerprint density at radius 3 is 2.37 bits per heavy atom. The molecule has 0 amide bonds. The van der Waals surface area contributed by atoms with Gasteiger partial charge in [0.2, 0.25) is 0 Å². The molecule has 1 heterocycles. The van der Waals surface area contributed by atoms with E-state index >= 15 is 0 Å². The van der Waals surface area contributed by atoms with E-state index < -0.39 is 0 Å². The summed E-state index contributed by atoms with van der Waals surface area (Å²) in [5.41, 5.74) is 3.73. The fourth-order valence-electron chi connectivity index (χ4n) is 3.28. The van der Waals surface area contributed by atoms with Crippen molar-refractivity contribution in [3.05, 3.63) is 71.3 Å². The van der Waals surface area contributed by atoms with Crippen LogP contribution >= 0.6 is 24.0 Å². The molecule has 3 rings (SSSR count). The molecule has 0 aliphatic carbocycles. The van der Waals surface area contributed by atoms with Gasteiger partial charge in [-0.25, -0.2) is 4.99 Å². The van der Waals surface area contributed by atoms with E-state index in [0.29, 0.717) is 19.3 Å². The number of nitrogens with one attached hydrogen (secondary N) is 2. The molecule has 1 aliphatic heterocycles. The fraction of sp³-hybridized carbons (Fsp3) is 0.458. The molecule has 1 fully saturated rings. The number of halogens is 1. The molecule has 0 unspecified atom stereocenters. The summed E-state index contributed by atoms with van der Waals surface area (Å²) in [4.78, 5) is 4.71. The number of benzene rings is 2. The van der Waals surface area contributed by atoms with Gasteiger partial charge in [0, 0.05) is 26.3 Å². The third-order valence-corrected chi connectivity index (χ3v) is 4.99. The van der Waals surface area contributed by atoms with Gasteiger partial charge >= 0.3 is 0 Å². The number of rotatable bonds is 9. The first-order chi connectivity index (χ1) is 14.3. The summed E-state index contributed by atoms with van der Waals surface area (Å²) < 4.78 is 11.4. The van der Waals surface area contributed by atoms with Gasteiger partial charge < -0.3 is 20.1 Å². The van der Waals surface area contributed by atoms with Crippen molar-refractivity contribution in [3.8, 4) is 0 Å². The van der Waals surface area contributed by atoms with Crippen LogP contribution in [-0.2, 0) is 29.0 Å². The molecule has 1 aliphatic rings. The molecule has 1 saturated heterocycles. The molecule has 2 aromatic carbocycles. The standard InChI is InChI=1S/C24H33N3O2.HI/c1-2-25-24(26-15-12-20-6-4-3-5-7-20)27-18-21-8-10-22(11-9-21)19-29-23-13-16-28-17-14-23;/h3-11,23H,2,12-19H2,1H3,(H2,25,26,27);1H. The number of hydrogen-bond acceptors (Lipinski definition) is 3. The normalized spacial score (nSPS) is 14.8. The SMILES string of the molecule is CCNC(=NCc1ccc(COC2CCOCC2)cc1)NCCc1ccccc1.I. The van der Waals surface area contributed by atoms with Crippen LogP contribution in [0.1, 0.15) is 36.5 Å². The molecule has 30 heavy (non-hydrogen) atoms. The first-order valence-corrected chi connectivity index (χ1v) is 10.7. The summed E-state index contributed by atoms with van der Waals surface area (Å²) in [5, 5.41) is 6.73. The van der Waals surface area contributed by atoms with E-state index in [1.54, 1.807) is 0 Å². The predicted molar refractivity (Wildman–Crippen MR) is 133 cm³/mol. The smallest absolute Gasteiger partial charge is 0.191 e. The molecule has 0 spiro atoms. The molecule has 0 atom stereocenters. The largest absolute Gasteiger partial charge is 0.381 e. The van der Waals surface area contributed by atoms with E-state index in [0.717, 1.165) is 51.5 Å². The van der Waals surface area contributed by atoms with E-state index in [1.165, 1.54) is 16.7 Å². The van der Waals surface area contributed by atoms with Gasteiger partial charge in [0.05, 0.1) is 19.3 Å². The van der Waals surface area contributed by atoms with Crippen LogP contribution < -0.4 is 10.6 Å². The van der Waals surface area contributed by atoms with Crippen molar-refractivity contribution < 1.29 is 9.47 Å². The Balaban J connectivity index is 0.00000320. The molecule has 6 heteroatoms. The molecule has 2 aromatic rings. The Kier molecular flexibility index (Phi) is 11.8. The average molecular weight is 523 g/mol. The lowest BCUT2D eigenvalue weighted by molar-refractivity contribution is -0.0390. The number of ether oxygens (including phenoxy) is 2. The van der Waals surface area contributed by atoms with E-state index in [1.807, 2.05) is 6.07 Å². The maximum Gasteiger partial charge on any atom is 0.191 e. The molecule has 0 bridgehead atoms. The minimum Gasteiger partial charge on any atom is -0.381 e. The Morgan fingerprint density at radius 2 is 1.67 bits per heavy atom. The second-order valence-corrected chi connectivity index (χ2v) is 7.30. The van der Waals surface area contributed by atoms with Crippen LogP contribution in [-0.4, -0.2) is 38.4 Å². The van der Waals surface area contributed by atoms with Crippen molar-refractivity contribution in [2.75, 3.05) is 26.3 Å². The van der Waals surface area contributed by atoms with Gasteiger partial charge in [-0.15, -0.1) is 24.0 Å². The van der Waals surface area contributed by atoms with Crippen molar-refractivity contribution in [2.24, 2.45) is 4.99 Å². The maximum atomic E-state index is 5.99. The molecule has 5 nitrogen and oxygen atoms in total. The predicted octanol–water partition coefficient (Wildman–Crippen LogP) is 4.30. The van der Waals surface area contributed by atoms with Crippen LogP contribution in [0.5, 0.6) is 0 Å². The number of nitrogens with zero attached hydrogens (tertiary/aromatic N) is 1. The van der Waals surface area contributed by atoms with E-state index in [-0.39, 0.29) is 24.0 Å². The average Bonchev–Trinajstić information content (AvgIpc) is 2.78. The highest BCUT2D eigenvalue weighted by atomic mass is 127. The highest BCUT2D eigenvalue weighted by Gasteiger charge is 2.13. The lowest BCUT2D eigenvalue weighted by atomic mass is 10.1. The quantitative estimate of drug-likeness (QED) is 0.293. The number of hydrogen-bond donors (Lipinski definition) is 2. The van der Waals surface area contributed by atoms with Gasteiger partial charge in [-0.1, -0.05) is 54.6 Å². The summed E-state index contributed by atoms with van der Waals surface area (Å²) in [6.45, 7) is 6.74. The highest BCUT2D eigenvalue weighted by Crippen LogP contribution is 2.14. The van der Waals surface area contributed by atoms with Crippen LogP contribution in [0.25, 0.3) is 0 Å². The third-order valence-electron chi connectivity index (χ3n) is 4.99. The molecule has 2 N–H and O–H groups in total. The van der Waals surface area contributed by atoms with Gasteiger partial charge in [0.1, 0.15) is 0 Å². The van der Waals surface area contributed by atoms with Gasteiger partial charge in [0.25, 0.3) is 0 Å². The van der Waals surface area contributed by atoms with Crippen molar-refractivity contribution in [1.29, 1.82) is 0 Å². The summed E-state index contributed by atoms with van der Waals surface area (Å²) in [5.74, 6) is 0.857. The van der Waals surface area contributed by atoms with Crippen molar-refractivity contribution in [1.82, 2.24) is 10.6 Å². The topological polar surface area (TPSA) is 54.9 Å². The molecule has 164 valence electrons. The molecular weight excluding hydrogens is 489 g/mol. The zero-order valence-electron chi connectivity index (χ0n) is 17.8. The van der Waals surface area contributed by atoms with Gasteiger partial charge in [-0.3, -0.25) is 0 Å². The first kappa shape index (κ1) is 24.6. The summed E-state index contributed by atoms with van der Waals surface area (Å²) in [6.07, 6.45) is 3.31. The maximum absolute atomic E-state index is 5.99.